The summed E-state index contributed by atoms with van der Waals surface area (Å²) in [5.41, 5.74) is 2.14. The SMILES string of the molecule is CCOc1cc(/C=C2\SC(=N)[C@@H](c3nccs3)C2=O)ccc1OCc1ccccc1C#N. The maximum atomic E-state index is 12.9. The number of Topliss-reactive ketones (excluding diaryl/α,β-unsaturated/α-hetero) is 1. The Hall–Kier alpha value is -3.41. The third kappa shape index (κ3) is 4.59. The van der Waals surface area contributed by atoms with Crippen molar-refractivity contribution in [1.82, 2.24) is 4.98 Å². The number of ether oxygens (including phenoxy) is 2. The van der Waals surface area contributed by atoms with Gasteiger partial charge in [-0.25, -0.2) is 4.98 Å². The molecule has 160 valence electrons. The van der Waals surface area contributed by atoms with Crippen molar-refractivity contribution in [3.8, 4) is 17.6 Å². The van der Waals surface area contributed by atoms with Gasteiger partial charge < -0.3 is 9.47 Å². The van der Waals surface area contributed by atoms with Gasteiger partial charge in [-0.2, -0.15) is 5.26 Å². The Morgan fingerprint density at radius 1 is 1.22 bits per heavy atom. The second kappa shape index (κ2) is 9.81. The zero-order chi connectivity index (χ0) is 22.5. The van der Waals surface area contributed by atoms with Crippen LogP contribution < -0.4 is 9.47 Å². The molecule has 1 atom stereocenters. The highest BCUT2D eigenvalue weighted by atomic mass is 32.2. The Labute approximate surface area is 194 Å². The van der Waals surface area contributed by atoms with Crippen molar-refractivity contribution in [1.29, 1.82) is 10.7 Å². The minimum Gasteiger partial charge on any atom is -0.490 e. The molecule has 3 aromatic rings. The van der Waals surface area contributed by atoms with Crippen molar-refractivity contribution in [2.24, 2.45) is 0 Å². The average molecular weight is 462 g/mol. The van der Waals surface area contributed by atoms with Crippen LogP contribution in [0, 0.1) is 16.7 Å². The first-order valence-corrected chi connectivity index (χ1v) is 11.6. The molecule has 0 saturated carbocycles. The predicted octanol–water partition coefficient (Wildman–Crippen LogP) is 5.41. The number of nitriles is 1. The van der Waals surface area contributed by atoms with Gasteiger partial charge in [-0.1, -0.05) is 36.0 Å². The van der Waals surface area contributed by atoms with Crippen molar-refractivity contribution >= 4 is 40.0 Å². The molecule has 6 nitrogen and oxygen atoms in total. The average Bonchev–Trinajstić information content (AvgIpc) is 3.41. The number of aromatic nitrogens is 1. The number of allylic oxidation sites excluding steroid dienone is 1. The van der Waals surface area contributed by atoms with Crippen LogP contribution in [0.3, 0.4) is 0 Å². The predicted molar refractivity (Wildman–Crippen MR) is 126 cm³/mol. The Morgan fingerprint density at radius 3 is 2.81 bits per heavy atom. The quantitative estimate of drug-likeness (QED) is 0.473. The number of carbonyl (C=O) groups excluding carboxylic acids is 1. The maximum absolute atomic E-state index is 12.9. The first kappa shape index (κ1) is 21.8. The molecule has 4 rings (SSSR count). The molecule has 0 unspecified atom stereocenters. The number of nitrogens with one attached hydrogen (secondary N) is 1. The monoisotopic (exact) mass is 461 g/mol. The Morgan fingerprint density at radius 2 is 2.06 bits per heavy atom. The number of thioether (sulfide) groups is 1. The number of carbonyl (C=O) groups is 1. The summed E-state index contributed by atoms with van der Waals surface area (Å²) < 4.78 is 11.7. The van der Waals surface area contributed by atoms with Crippen LogP contribution in [0.4, 0.5) is 0 Å². The fourth-order valence-corrected chi connectivity index (χ4v) is 5.06. The third-order valence-corrected chi connectivity index (χ3v) is 6.61. The van der Waals surface area contributed by atoms with E-state index >= 15 is 0 Å². The Kier molecular flexibility index (Phi) is 6.69. The minimum atomic E-state index is -0.611. The molecule has 2 heterocycles. The van der Waals surface area contributed by atoms with Crippen molar-refractivity contribution in [2.45, 2.75) is 19.4 Å². The lowest BCUT2D eigenvalue weighted by molar-refractivity contribution is -0.114. The molecular weight excluding hydrogens is 442 g/mol. The van der Waals surface area contributed by atoms with Gasteiger partial charge in [0, 0.05) is 17.1 Å². The summed E-state index contributed by atoms with van der Waals surface area (Å²) in [5, 5.41) is 20.2. The molecule has 0 bridgehead atoms. The lowest BCUT2D eigenvalue weighted by atomic mass is 10.0. The zero-order valence-electron chi connectivity index (χ0n) is 17.2. The maximum Gasteiger partial charge on any atom is 0.186 e. The molecule has 1 aliphatic rings. The number of hydrogen-bond acceptors (Lipinski definition) is 8. The van der Waals surface area contributed by atoms with Gasteiger partial charge in [0.15, 0.2) is 17.3 Å². The minimum absolute atomic E-state index is 0.110. The number of benzene rings is 2. The molecule has 2 aromatic carbocycles. The molecule has 0 spiro atoms. The number of hydrogen-bond donors (Lipinski definition) is 1. The second-order valence-corrected chi connectivity index (χ2v) is 8.85. The van der Waals surface area contributed by atoms with Crippen LogP contribution in [-0.4, -0.2) is 22.4 Å². The second-order valence-electron chi connectivity index (χ2n) is 6.84. The van der Waals surface area contributed by atoms with E-state index in [1.807, 2.05) is 42.6 Å². The van der Waals surface area contributed by atoms with E-state index in [0.717, 1.165) is 11.1 Å². The molecule has 1 fully saturated rings. The van der Waals surface area contributed by atoms with Crippen LogP contribution in [0.1, 0.15) is 34.5 Å². The van der Waals surface area contributed by atoms with E-state index in [-0.39, 0.29) is 17.4 Å². The summed E-state index contributed by atoms with van der Waals surface area (Å²) in [6.45, 7) is 2.58. The van der Waals surface area contributed by atoms with E-state index < -0.39 is 5.92 Å². The summed E-state index contributed by atoms with van der Waals surface area (Å²) in [4.78, 5) is 17.6. The standard InChI is InChI=1S/C24H19N3O3S2/c1-2-29-19-11-15(7-8-18(19)30-14-17-6-4-3-5-16(17)13-25)12-20-22(28)21(23(26)32-20)24-27-9-10-31-24/h3-12,21,26H,2,14H2,1H3/b20-12-,26-23?/t21-/m0/s1. The lowest BCUT2D eigenvalue weighted by Crippen LogP contribution is -2.11. The fraction of sp³-hybridized carbons (Fsp3) is 0.167. The Balaban J connectivity index is 1.56. The first-order chi connectivity index (χ1) is 15.6. The van der Waals surface area contributed by atoms with Crippen molar-refractivity contribution in [3.63, 3.8) is 0 Å². The molecule has 1 aromatic heterocycles. The van der Waals surface area contributed by atoms with Gasteiger partial charge in [-0.15, -0.1) is 11.3 Å². The van der Waals surface area contributed by atoms with Crippen molar-refractivity contribution in [2.75, 3.05) is 6.61 Å². The van der Waals surface area contributed by atoms with Gasteiger partial charge in [-0.05, 0) is 36.8 Å². The van der Waals surface area contributed by atoms with Gasteiger partial charge in [0.25, 0.3) is 0 Å². The molecule has 0 aliphatic carbocycles. The van der Waals surface area contributed by atoms with Gasteiger partial charge in [0.1, 0.15) is 17.5 Å². The van der Waals surface area contributed by atoms with Crippen LogP contribution in [-0.2, 0) is 11.4 Å². The molecule has 0 radical (unpaired) electrons. The smallest absolute Gasteiger partial charge is 0.186 e. The first-order valence-electron chi connectivity index (χ1n) is 9.90. The van der Waals surface area contributed by atoms with E-state index in [2.05, 4.69) is 11.1 Å². The summed E-state index contributed by atoms with van der Waals surface area (Å²) in [6.07, 6.45) is 3.42. The summed E-state index contributed by atoms with van der Waals surface area (Å²) >= 11 is 2.55. The van der Waals surface area contributed by atoms with Crippen LogP contribution in [0.25, 0.3) is 6.08 Å². The molecule has 1 N–H and O–H groups in total. The highest BCUT2D eigenvalue weighted by molar-refractivity contribution is 8.19. The molecule has 32 heavy (non-hydrogen) atoms. The highest BCUT2D eigenvalue weighted by Gasteiger charge is 2.38. The summed E-state index contributed by atoms with van der Waals surface area (Å²) in [6, 6.07) is 14.9. The summed E-state index contributed by atoms with van der Waals surface area (Å²) in [7, 11) is 0. The summed E-state index contributed by atoms with van der Waals surface area (Å²) in [5.74, 6) is 0.389. The Bertz CT molecular complexity index is 1230. The number of ketones is 1. The van der Waals surface area contributed by atoms with Gasteiger partial charge in [0.05, 0.1) is 28.2 Å². The van der Waals surface area contributed by atoms with Crippen molar-refractivity contribution < 1.29 is 14.3 Å². The van der Waals surface area contributed by atoms with E-state index in [4.69, 9.17) is 14.9 Å². The molecule has 8 heteroatoms. The van der Waals surface area contributed by atoms with Crippen molar-refractivity contribution in [3.05, 3.63) is 80.6 Å². The lowest BCUT2D eigenvalue weighted by Gasteiger charge is -2.13. The molecule has 1 aliphatic heterocycles. The van der Waals surface area contributed by atoms with Crippen LogP contribution in [0.5, 0.6) is 11.5 Å². The molecule has 0 amide bonds. The van der Waals surface area contributed by atoms with E-state index in [1.54, 1.807) is 24.4 Å². The van der Waals surface area contributed by atoms with Gasteiger partial charge in [-0.3, -0.25) is 10.2 Å². The fourth-order valence-electron chi connectivity index (χ4n) is 3.26. The number of thiazole rings is 1. The number of rotatable bonds is 7. The zero-order valence-corrected chi connectivity index (χ0v) is 18.8. The highest BCUT2D eigenvalue weighted by Crippen LogP contribution is 2.41. The van der Waals surface area contributed by atoms with Gasteiger partial charge in [0.2, 0.25) is 0 Å². The van der Waals surface area contributed by atoms with E-state index in [9.17, 15) is 10.1 Å². The van der Waals surface area contributed by atoms with Crippen LogP contribution in [0.15, 0.2) is 58.9 Å². The van der Waals surface area contributed by atoms with E-state index in [0.29, 0.717) is 33.6 Å². The van der Waals surface area contributed by atoms with Gasteiger partial charge >= 0.3 is 0 Å². The normalized spacial score (nSPS) is 16.9. The number of nitrogens with zero attached hydrogens (tertiary/aromatic N) is 2. The van der Waals surface area contributed by atoms with Crippen LogP contribution >= 0.6 is 23.1 Å². The largest absolute Gasteiger partial charge is 0.490 e. The molecular formula is C24H19N3O3S2. The molecule has 1 saturated heterocycles. The third-order valence-electron chi connectivity index (χ3n) is 4.77. The van der Waals surface area contributed by atoms with E-state index in [1.165, 1.54) is 23.1 Å². The topological polar surface area (TPSA) is 96.1 Å². The van der Waals surface area contributed by atoms with Crippen LogP contribution in [0.2, 0.25) is 0 Å².